The molecule has 0 bridgehead atoms. The molecule has 0 unspecified atom stereocenters. The number of nitrogen functional groups attached to an aromatic ring is 1. The van der Waals surface area contributed by atoms with Crippen LogP contribution in [0.1, 0.15) is 31.3 Å². The van der Waals surface area contributed by atoms with E-state index in [1.165, 1.54) is 29.8 Å². The van der Waals surface area contributed by atoms with Crippen LogP contribution in [0, 0.1) is 13.8 Å². The normalized spacial score (nSPS) is 10.9. The number of rotatable bonds is 4. The molecule has 0 saturated carbocycles. The zero-order valence-electron chi connectivity index (χ0n) is 16.6. The van der Waals surface area contributed by atoms with Crippen LogP contribution < -0.4 is 11.1 Å². The SMILES string of the molecule is COC(=O)c1c(-c2ccc(C)cc2)csc1NC(=O)c1sc2nc(C)ccc2c1N. The Kier molecular flexibility index (Phi) is 5.27. The van der Waals surface area contributed by atoms with E-state index in [-0.39, 0.29) is 5.91 Å². The number of ether oxygens (including phenoxy) is 1. The lowest BCUT2D eigenvalue weighted by Crippen LogP contribution is -2.14. The van der Waals surface area contributed by atoms with Gasteiger partial charge in [0, 0.05) is 22.0 Å². The van der Waals surface area contributed by atoms with Gasteiger partial charge in [0.05, 0.1) is 12.8 Å². The fourth-order valence-corrected chi connectivity index (χ4v) is 5.11. The summed E-state index contributed by atoms with van der Waals surface area (Å²) in [5, 5.41) is 5.85. The van der Waals surface area contributed by atoms with Gasteiger partial charge in [0.1, 0.15) is 20.3 Å². The number of nitrogens with two attached hydrogens (primary N) is 1. The largest absolute Gasteiger partial charge is 0.465 e. The first-order valence-electron chi connectivity index (χ1n) is 9.13. The Morgan fingerprint density at radius 1 is 1.10 bits per heavy atom. The molecule has 0 atom stereocenters. The van der Waals surface area contributed by atoms with E-state index in [4.69, 9.17) is 10.5 Å². The molecule has 0 aliphatic carbocycles. The fourth-order valence-electron chi connectivity index (χ4n) is 3.12. The lowest BCUT2D eigenvalue weighted by atomic mass is 10.0. The van der Waals surface area contributed by atoms with Crippen LogP contribution in [0.4, 0.5) is 10.7 Å². The molecule has 1 aromatic carbocycles. The van der Waals surface area contributed by atoms with Crippen molar-refractivity contribution in [3.8, 4) is 11.1 Å². The van der Waals surface area contributed by atoms with E-state index >= 15 is 0 Å². The van der Waals surface area contributed by atoms with Gasteiger partial charge in [-0.15, -0.1) is 22.7 Å². The molecular formula is C22H19N3O3S2. The van der Waals surface area contributed by atoms with Crippen LogP contribution >= 0.6 is 22.7 Å². The molecule has 0 spiro atoms. The zero-order chi connectivity index (χ0) is 21.4. The molecule has 4 rings (SSSR count). The molecular weight excluding hydrogens is 418 g/mol. The number of hydrogen-bond acceptors (Lipinski definition) is 7. The van der Waals surface area contributed by atoms with Crippen LogP contribution in [0.3, 0.4) is 0 Å². The van der Waals surface area contributed by atoms with Crippen LogP contribution in [-0.4, -0.2) is 24.0 Å². The van der Waals surface area contributed by atoms with Gasteiger partial charge in [-0.25, -0.2) is 9.78 Å². The minimum atomic E-state index is -0.510. The first kappa shape index (κ1) is 20.1. The third kappa shape index (κ3) is 3.55. The average molecular weight is 438 g/mol. The summed E-state index contributed by atoms with van der Waals surface area (Å²) < 4.78 is 4.98. The van der Waals surface area contributed by atoms with E-state index in [1.54, 1.807) is 0 Å². The second-order valence-corrected chi connectivity index (χ2v) is 8.69. The molecule has 1 amide bonds. The number of hydrogen-bond donors (Lipinski definition) is 2. The number of aromatic nitrogens is 1. The number of nitrogens with one attached hydrogen (secondary N) is 1. The summed E-state index contributed by atoms with van der Waals surface area (Å²) in [6.07, 6.45) is 0. The number of pyridine rings is 1. The number of nitrogens with zero attached hydrogens (tertiary/aromatic N) is 1. The maximum absolute atomic E-state index is 13.0. The number of methoxy groups -OCH3 is 1. The number of esters is 1. The molecule has 6 nitrogen and oxygen atoms in total. The van der Waals surface area contributed by atoms with Gasteiger partial charge in [0.25, 0.3) is 5.91 Å². The van der Waals surface area contributed by atoms with Crippen molar-refractivity contribution in [3.63, 3.8) is 0 Å². The third-order valence-electron chi connectivity index (χ3n) is 4.71. The van der Waals surface area contributed by atoms with Crippen molar-refractivity contribution in [1.29, 1.82) is 0 Å². The standard InChI is InChI=1S/C22H19N3O3S2/c1-11-4-7-13(8-5-11)15-10-29-21(16(15)22(27)28-3)25-19(26)18-17(23)14-9-6-12(2)24-20(14)30-18/h4-10H,23H2,1-3H3,(H,25,26). The van der Waals surface area contributed by atoms with Gasteiger partial charge in [0.15, 0.2) is 0 Å². The minimum absolute atomic E-state index is 0.327. The number of carbonyl (C=O) groups excluding carboxylic acids is 2. The molecule has 152 valence electrons. The van der Waals surface area contributed by atoms with E-state index in [0.29, 0.717) is 31.5 Å². The van der Waals surface area contributed by atoms with Crippen LogP contribution in [0.15, 0.2) is 41.8 Å². The molecule has 3 N–H and O–H groups in total. The van der Waals surface area contributed by atoms with Gasteiger partial charge in [0.2, 0.25) is 0 Å². The number of anilines is 2. The molecule has 0 aliphatic heterocycles. The molecule has 3 aromatic heterocycles. The summed E-state index contributed by atoms with van der Waals surface area (Å²) in [6, 6.07) is 11.5. The van der Waals surface area contributed by atoms with E-state index in [9.17, 15) is 9.59 Å². The Hall–Kier alpha value is -3.23. The average Bonchev–Trinajstić information content (AvgIpc) is 3.29. The summed E-state index contributed by atoms with van der Waals surface area (Å²) in [4.78, 5) is 31.0. The molecule has 30 heavy (non-hydrogen) atoms. The van der Waals surface area contributed by atoms with Crippen molar-refractivity contribution in [3.05, 3.63) is 63.5 Å². The number of thiophene rings is 2. The molecule has 0 aliphatic rings. The number of benzene rings is 1. The van der Waals surface area contributed by atoms with Gasteiger partial charge in [-0.05, 0) is 31.5 Å². The highest BCUT2D eigenvalue weighted by atomic mass is 32.1. The van der Waals surface area contributed by atoms with E-state index in [1.807, 2.05) is 55.6 Å². The Labute approximate surface area is 181 Å². The van der Waals surface area contributed by atoms with Gasteiger partial charge >= 0.3 is 5.97 Å². The van der Waals surface area contributed by atoms with Gasteiger partial charge < -0.3 is 15.8 Å². The monoisotopic (exact) mass is 437 g/mol. The van der Waals surface area contributed by atoms with Crippen molar-refractivity contribution >= 4 is 55.5 Å². The summed E-state index contributed by atoms with van der Waals surface area (Å²) in [6.45, 7) is 3.88. The molecule has 3 heterocycles. The summed E-state index contributed by atoms with van der Waals surface area (Å²) in [7, 11) is 1.32. The van der Waals surface area contributed by atoms with Crippen LogP contribution in [0.5, 0.6) is 0 Å². The second kappa shape index (κ2) is 7.89. The number of amides is 1. The molecule has 0 fully saturated rings. The van der Waals surface area contributed by atoms with Crippen molar-refractivity contribution < 1.29 is 14.3 Å². The zero-order valence-corrected chi connectivity index (χ0v) is 18.2. The number of fused-ring (bicyclic) bond motifs is 1. The Morgan fingerprint density at radius 3 is 2.53 bits per heavy atom. The third-order valence-corrected chi connectivity index (χ3v) is 6.72. The molecule has 8 heteroatoms. The minimum Gasteiger partial charge on any atom is -0.465 e. The first-order valence-corrected chi connectivity index (χ1v) is 10.8. The molecule has 0 radical (unpaired) electrons. The van der Waals surface area contributed by atoms with E-state index in [2.05, 4.69) is 10.3 Å². The van der Waals surface area contributed by atoms with Crippen LogP contribution in [-0.2, 0) is 4.74 Å². The first-order chi connectivity index (χ1) is 14.4. The Morgan fingerprint density at radius 2 is 1.83 bits per heavy atom. The fraction of sp³-hybridized carbons (Fsp3) is 0.136. The topological polar surface area (TPSA) is 94.3 Å². The number of aryl methyl sites for hydroxylation is 2. The van der Waals surface area contributed by atoms with Crippen LogP contribution in [0.25, 0.3) is 21.3 Å². The molecule has 4 aromatic rings. The van der Waals surface area contributed by atoms with Crippen molar-refractivity contribution in [2.24, 2.45) is 0 Å². The summed E-state index contributed by atoms with van der Waals surface area (Å²) in [5.41, 5.74) is 10.5. The van der Waals surface area contributed by atoms with Crippen LogP contribution in [0.2, 0.25) is 0 Å². The summed E-state index contributed by atoms with van der Waals surface area (Å²) in [5.74, 6) is -0.889. The summed E-state index contributed by atoms with van der Waals surface area (Å²) >= 11 is 2.50. The maximum Gasteiger partial charge on any atom is 0.341 e. The second-order valence-electron chi connectivity index (χ2n) is 6.82. The van der Waals surface area contributed by atoms with Crippen molar-refractivity contribution in [2.45, 2.75) is 13.8 Å². The Bertz CT molecular complexity index is 1270. The lowest BCUT2D eigenvalue weighted by molar-refractivity contribution is 0.0603. The van der Waals surface area contributed by atoms with Crippen molar-refractivity contribution in [1.82, 2.24) is 4.98 Å². The smallest absolute Gasteiger partial charge is 0.341 e. The van der Waals surface area contributed by atoms with E-state index in [0.717, 1.165) is 22.2 Å². The van der Waals surface area contributed by atoms with Gasteiger partial charge in [-0.3, -0.25) is 4.79 Å². The predicted octanol–water partition coefficient (Wildman–Crippen LogP) is 5.26. The highest BCUT2D eigenvalue weighted by Gasteiger charge is 2.24. The highest BCUT2D eigenvalue weighted by Crippen LogP contribution is 2.38. The quantitative estimate of drug-likeness (QED) is 0.425. The van der Waals surface area contributed by atoms with E-state index < -0.39 is 5.97 Å². The lowest BCUT2D eigenvalue weighted by Gasteiger charge is -2.08. The van der Waals surface area contributed by atoms with Gasteiger partial charge in [-0.1, -0.05) is 29.8 Å². The highest BCUT2D eigenvalue weighted by molar-refractivity contribution is 7.21. The predicted molar refractivity (Wildman–Crippen MR) is 123 cm³/mol. The number of carbonyl (C=O) groups is 2. The maximum atomic E-state index is 13.0. The Balaban J connectivity index is 1.72. The van der Waals surface area contributed by atoms with Gasteiger partial charge in [-0.2, -0.15) is 0 Å². The molecule has 0 saturated heterocycles. The van der Waals surface area contributed by atoms with Crippen molar-refractivity contribution in [2.75, 3.05) is 18.2 Å².